The smallest absolute Gasteiger partial charge is 0.328 e. The second-order valence-electron chi connectivity index (χ2n) is 6.75. The van der Waals surface area contributed by atoms with Crippen LogP contribution in [0.2, 0.25) is 0 Å². The van der Waals surface area contributed by atoms with Crippen LogP contribution in [0.1, 0.15) is 56.2 Å². The van der Waals surface area contributed by atoms with Crippen LogP contribution in [0.15, 0.2) is 12.1 Å². The topological polar surface area (TPSA) is 63.7 Å². The van der Waals surface area contributed by atoms with E-state index in [2.05, 4.69) is 6.92 Å². The van der Waals surface area contributed by atoms with Crippen molar-refractivity contribution in [3.8, 4) is 0 Å². The van der Waals surface area contributed by atoms with E-state index in [4.69, 9.17) is 4.74 Å². The number of aryl methyl sites for hydroxylation is 2. The highest BCUT2D eigenvalue weighted by atomic mass is 32.2. The molecular formula is C21H31NO4S. The lowest BCUT2D eigenvalue weighted by Crippen LogP contribution is -2.46. The zero-order chi connectivity index (χ0) is 20.6. The summed E-state index contributed by atoms with van der Waals surface area (Å²) in [6.45, 7) is 9.55. The Bertz CT molecular complexity index is 687. The van der Waals surface area contributed by atoms with Gasteiger partial charge in [0.05, 0.1) is 18.6 Å². The number of benzene rings is 1. The number of ether oxygens (including phenoxy) is 1. The minimum absolute atomic E-state index is 0.0130. The van der Waals surface area contributed by atoms with E-state index in [0.29, 0.717) is 6.42 Å². The molecule has 0 bridgehead atoms. The fourth-order valence-corrected chi connectivity index (χ4v) is 3.63. The third kappa shape index (κ3) is 6.38. The number of esters is 1. The highest BCUT2D eigenvalue weighted by Gasteiger charge is 2.30. The van der Waals surface area contributed by atoms with Gasteiger partial charge in [0.15, 0.2) is 5.12 Å². The number of hydrogen-bond donors (Lipinski definition) is 0. The van der Waals surface area contributed by atoms with Crippen LogP contribution in [0.25, 0.3) is 0 Å². The molecule has 1 aromatic carbocycles. The summed E-state index contributed by atoms with van der Waals surface area (Å²) in [4.78, 5) is 38.7. The van der Waals surface area contributed by atoms with E-state index in [9.17, 15) is 14.4 Å². The summed E-state index contributed by atoms with van der Waals surface area (Å²) in [6, 6.07) is 3.16. The molecule has 0 saturated heterocycles. The van der Waals surface area contributed by atoms with Gasteiger partial charge in [-0.05, 0) is 50.8 Å². The third-order valence-corrected chi connectivity index (χ3v) is 5.60. The number of hydrogen-bond acceptors (Lipinski definition) is 5. The van der Waals surface area contributed by atoms with Gasteiger partial charge in [0, 0.05) is 6.42 Å². The van der Waals surface area contributed by atoms with E-state index in [-0.39, 0.29) is 16.8 Å². The number of anilines is 1. The third-order valence-electron chi connectivity index (χ3n) is 4.68. The zero-order valence-electron chi connectivity index (χ0n) is 17.3. The highest BCUT2D eigenvalue weighted by Crippen LogP contribution is 2.30. The summed E-state index contributed by atoms with van der Waals surface area (Å²) in [5.41, 5.74) is 3.60. The van der Waals surface area contributed by atoms with Crippen LogP contribution in [0.3, 0.4) is 0 Å². The number of rotatable bonds is 9. The lowest BCUT2D eigenvalue weighted by Gasteiger charge is -2.31. The maximum atomic E-state index is 13.0. The molecule has 0 aliphatic carbocycles. The van der Waals surface area contributed by atoms with E-state index in [0.717, 1.165) is 53.4 Å². The molecule has 1 atom stereocenters. The molecule has 0 aliphatic rings. The van der Waals surface area contributed by atoms with Gasteiger partial charge in [-0.1, -0.05) is 43.7 Å². The van der Waals surface area contributed by atoms with Crippen molar-refractivity contribution in [3.63, 3.8) is 0 Å². The Morgan fingerprint density at radius 1 is 1.11 bits per heavy atom. The predicted molar refractivity (Wildman–Crippen MR) is 111 cm³/mol. The van der Waals surface area contributed by atoms with Crippen LogP contribution < -0.4 is 4.90 Å². The number of nitrogens with zero attached hydrogens (tertiary/aromatic N) is 1. The van der Waals surface area contributed by atoms with Crippen molar-refractivity contribution in [2.45, 2.75) is 66.3 Å². The molecule has 5 nitrogen and oxygen atoms in total. The molecular weight excluding hydrogens is 362 g/mol. The van der Waals surface area contributed by atoms with Gasteiger partial charge in [-0.15, -0.1) is 0 Å². The Morgan fingerprint density at radius 2 is 1.74 bits per heavy atom. The van der Waals surface area contributed by atoms with E-state index in [1.807, 2.05) is 32.9 Å². The molecule has 0 heterocycles. The van der Waals surface area contributed by atoms with Crippen LogP contribution in [0.4, 0.5) is 5.69 Å². The summed E-state index contributed by atoms with van der Waals surface area (Å²) < 4.78 is 4.86. The minimum atomic E-state index is -0.766. The summed E-state index contributed by atoms with van der Waals surface area (Å²) in [7, 11) is 1.31. The number of thioether (sulfide) groups is 1. The van der Waals surface area contributed by atoms with Crippen LogP contribution in [0.5, 0.6) is 0 Å². The summed E-state index contributed by atoms with van der Waals surface area (Å²) in [6.07, 6.45) is 3.37. The standard InChI is InChI=1S/C21H31NO4S/c1-7-8-9-10-19(24)27-13-18(23)22(17(5)21(25)26-6)20-15(3)12-11-14(2)16(20)4/h11-12,17H,7-10,13H2,1-6H3/t17-/m0/s1. The number of methoxy groups -OCH3 is 1. The van der Waals surface area contributed by atoms with Crippen molar-refractivity contribution in [3.05, 3.63) is 28.8 Å². The van der Waals surface area contributed by atoms with E-state index >= 15 is 0 Å². The van der Waals surface area contributed by atoms with Gasteiger partial charge in [-0.3, -0.25) is 14.5 Å². The first kappa shape index (κ1) is 23.2. The molecule has 0 radical (unpaired) electrons. The minimum Gasteiger partial charge on any atom is -0.467 e. The lowest BCUT2D eigenvalue weighted by atomic mass is 10.0. The van der Waals surface area contributed by atoms with Crippen molar-refractivity contribution in [2.75, 3.05) is 17.8 Å². The van der Waals surface area contributed by atoms with E-state index in [1.54, 1.807) is 6.92 Å². The number of carbonyl (C=O) groups excluding carboxylic acids is 3. The predicted octanol–water partition coefficient (Wildman–Crippen LogP) is 4.35. The number of carbonyl (C=O) groups is 3. The number of amides is 1. The molecule has 0 saturated carbocycles. The molecule has 1 rings (SSSR count). The second kappa shape index (κ2) is 11.1. The van der Waals surface area contributed by atoms with Crippen LogP contribution in [0, 0.1) is 20.8 Å². The Morgan fingerprint density at radius 3 is 2.33 bits per heavy atom. The molecule has 0 spiro atoms. The second-order valence-corrected chi connectivity index (χ2v) is 7.79. The van der Waals surface area contributed by atoms with Crippen molar-refractivity contribution >= 4 is 34.4 Å². The fraction of sp³-hybridized carbons (Fsp3) is 0.571. The normalized spacial score (nSPS) is 11.8. The molecule has 150 valence electrons. The zero-order valence-corrected chi connectivity index (χ0v) is 18.1. The van der Waals surface area contributed by atoms with Gasteiger partial charge in [0.25, 0.3) is 0 Å². The van der Waals surface area contributed by atoms with Crippen molar-refractivity contribution in [1.29, 1.82) is 0 Å². The molecule has 0 N–H and O–H groups in total. The quantitative estimate of drug-likeness (QED) is 0.461. The first-order valence-corrected chi connectivity index (χ1v) is 10.3. The molecule has 6 heteroatoms. The summed E-state index contributed by atoms with van der Waals surface area (Å²) in [5, 5.41) is 0.0140. The van der Waals surface area contributed by atoms with Crippen molar-refractivity contribution in [1.82, 2.24) is 0 Å². The van der Waals surface area contributed by atoms with Gasteiger partial charge in [-0.25, -0.2) is 4.79 Å². The molecule has 0 fully saturated rings. The Hall–Kier alpha value is -1.82. The molecule has 27 heavy (non-hydrogen) atoms. The Kier molecular flexibility index (Phi) is 9.56. The number of unbranched alkanes of at least 4 members (excludes halogenated alkanes) is 2. The summed E-state index contributed by atoms with van der Waals surface area (Å²) >= 11 is 1.03. The van der Waals surface area contributed by atoms with Crippen LogP contribution >= 0.6 is 11.8 Å². The van der Waals surface area contributed by atoms with Gasteiger partial charge < -0.3 is 4.74 Å². The molecule has 0 aromatic heterocycles. The lowest BCUT2D eigenvalue weighted by molar-refractivity contribution is -0.142. The molecule has 0 unspecified atom stereocenters. The SMILES string of the molecule is CCCCCC(=O)SCC(=O)N(c1c(C)ccc(C)c1C)[C@@H](C)C(=O)OC. The van der Waals surface area contributed by atoms with Gasteiger partial charge in [0.1, 0.15) is 6.04 Å². The maximum absolute atomic E-state index is 13.0. The summed E-state index contributed by atoms with van der Waals surface area (Å²) in [5.74, 6) is -0.736. The maximum Gasteiger partial charge on any atom is 0.328 e. The Labute approximate surface area is 166 Å². The van der Waals surface area contributed by atoms with Crippen molar-refractivity contribution < 1.29 is 19.1 Å². The highest BCUT2D eigenvalue weighted by molar-refractivity contribution is 8.14. The molecule has 1 amide bonds. The van der Waals surface area contributed by atoms with Gasteiger partial charge in [-0.2, -0.15) is 0 Å². The first-order valence-electron chi connectivity index (χ1n) is 9.36. The Balaban J connectivity index is 3.07. The first-order chi connectivity index (χ1) is 12.7. The largest absolute Gasteiger partial charge is 0.467 e. The average molecular weight is 394 g/mol. The van der Waals surface area contributed by atoms with Gasteiger partial charge >= 0.3 is 5.97 Å². The monoisotopic (exact) mass is 393 g/mol. The van der Waals surface area contributed by atoms with Crippen LogP contribution in [-0.2, 0) is 19.1 Å². The van der Waals surface area contributed by atoms with E-state index in [1.165, 1.54) is 12.0 Å². The average Bonchev–Trinajstić information content (AvgIpc) is 2.65. The fourth-order valence-electron chi connectivity index (χ4n) is 2.92. The van der Waals surface area contributed by atoms with E-state index < -0.39 is 12.0 Å². The molecule has 0 aliphatic heterocycles. The molecule has 1 aromatic rings. The van der Waals surface area contributed by atoms with Crippen LogP contribution in [-0.4, -0.2) is 35.9 Å². The van der Waals surface area contributed by atoms with Crippen molar-refractivity contribution in [2.24, 2.45) is 0 Å². The van der Waals surface area contributed by atoms with Gasteiger partial charge in [0.2, 0.25) is 5.91 Å².